The number of nitrogens with zero attached hydrogens (tertiary/aromatic N) is 1. The topological polar surface area (TPSA) is 58.8 Å². The second-order valence-electron chi connectivity index (χ2n) is 7.95. The van der Waals surface area contributed by atoms with Crippen molar-refractivity contribution in [1.29, 1.82) is 0 Å². The van der Waals surface area contributed by atoms with Gasteiger partial charge in [0.2, 0.25) is 0 Å². The van der Waals surface area contributed by atoms with E-state index in [0.29, 0.717) is 23.5 Å². The monoisotopic (exact) mass is 385 g/mol. The van der Waals surface area contributed by atoms with Crippen LogP contribution in [0.2, 0.25) is 0 Å². The SMILES string of the molecule is c1coc(CCNC(=NCc2cccs2)NC2C3CCOC3C23CCC3)c1. The first-order valence-electron chi connectivity index (χ1n) is 10.1. The van der Waals surface area contributed by atoms with Crippen molar-refractivity contribution in [3.63, 3.8) is 0 Å². The Morgan fingerprint density at radius 1 is 1.30 bits per heavy atom. The predicted octanol–water partition coefficient (Wildman–Crippen LogP) is 3.58. The maximum absolute atomic E-state index is 6.06. The highest BCUT2D eigenvalue weighted by Crippen LogP contribution is 2.62. The normalized spacial score (nSPS) is 28.4. The summed E-state index contributed by atoms with van der Waals surface area (Å²) in [5, 5.41) is 9.43. The third kappa shape index (κ3) is 3.19. The van der Waals surface area contributed by atoms with Crippen molar-refractivity contribution in [2.45, 2.75) is 50.8 Å². The molecule has 2 N–H and O–H groups in total. The summed E-state index contributed by atoms with van der Waals surface area (Å²) in [7, 11) is 0. The number of hydrogen-bond donors (Lipinski definition) is 2. The minimum Gasteiger partial charge on any atom is -0.469 e. The summed E-state index contributed by atoms with van der Waals surface area (Å²) < 4.78 is 11.5. The minimum absolute atomic E-state index is 0.355. The van der Waals surface area contributed by atoms with E-state index in [1.165, 1.54) is 30.6 Å². The summed E-state index contributed by atoms with van der Waals surface area (Å²) in [4.78, 5) is 6.17. The zero-order chi connectivity index (χ0) is 18.1. The van der Waals surface area contributed by atoms with Crippen molar-refractivity contribution in [2.24, 2.45) is 16.3 Å². The van der Waals surface area contributed by atoms with Crippen molar-refractivity contribution < 1.29 is 9.15 Å². The number of hydrogen-bond acceptors (Lipinski definition) is 4. The van der Waals surface area contributed by atoms with E-state index in [1.54, 1.807) is 17.6 Å². The van der Waals surface area contributed by atoms with Gasteiger partial charge in [-0.2, -0.15) is 0 Å². The maximum Gasteiger partial charge on any atom is 0.191 e. The molecule has 0 radical (unpaired) electrons. The standard InChI is InChI=1S/C21H27N3O2S/c1-4-15(25-11-1)6-10-22-20(23-14-16-5-2-13-27-16)24-18-17-7-12-26-19(17)21(18)8-3-9-21/h1-2,4-5,11,13,17-19H,3,6-10,12,14H2,(H2,22,23,24). The molecular formula is C21H27N3O2S. The molecule has 3 aliphatic rings. The number of aliphatic imine (C=N–C) groups is 1. The van der Waals surface area contributed by atoms with Crippen LogP contribution in [0.3, 0.4) is 0 Å². The summed E-state index contributed by atoms with van der Waals surface area (Å²) in [5.74, 6) is 2.57. The van der Waals surface area contributed by atoms with Gasteiger partial charge in [0.15, 0.2) is 5.96 Å². The molecular weight excluding hydrogens is 358 g/mol. The molecule has 5 nitrogen and oxygen atoms in total. The number of thiophene rings is 1. The molecule has 5 rings (SSSR count). The summed E-state index contributed by atoms with van der Waals surface area (Å²) in [5.41, 5.74) is 0.355. The first-order valence-corrected chi connectivity index (χ1v) is 10.9. The van der Waals surface area contributed by atoms with Gasteiger partial charge in [0, 0.05) is 41.8 Å². The van der Waals surface area contributed by atoms with Crippen LogP contribution in [0.4, 0.5) is 0 Å². The van der Waals surface area contributed by atoms with Gasteiger partial charge in [-0.1, -0.05) is 12.5 Å². The van der Waals surface area contributed by atoms with Crippen LogP contribution >= 0.6 is 11.3 Å². The molecule has 2 saturated carbocycles. The lowest BCUT2D eigenvalue weighted by atomic mass is 9.46. The highest BCUT2D eigenvalue weighted by Gasteiger charge is 2.66. The average molecular weight is 386 g/mol. The third-order valence-electron chi connectivity index (χ3n) is 6.55. The van der Waals surface area contributed by atoms with Crippen LogP contribution in [0.1, 0.15) is 36.3 Å². The van der Waals surface area contributed by atoms with Crippen LogP contribution in [0.5, 0.6) is 0 Å². The third-order valence-corrected chi connectivity index (χ3v) is 7.41. The van der Waals surface area contributed by atoms with Gasteiger partial charge in [-0.15, -0.1) is 11.3 Å². The van der Waals surface area contributed by atoms with E-state index in [2.05, 4.69) is 28.1 Å². The molecule has 6 heteroatoms. The molecule has 1 aliphatic heterocycles. The molecule has 0 aromatic carbocycles. The second-order valence-corrected chi connectivity index (χ2v) is 8.99. The van der Waals surface area contributed by atoms with Crippen LogP contribution in [0.15, 0.2) is 45.3 Å². The Morgan fingerprint density at radius 3 is 3.00 bits per heavy atom. The van der Waals surface area contributed by atoms with Gasteiger partial charge >= 0.3 is 0 Å². The molecule has 2 aromatic heterocycles. The molecule has 27 heavy (non-hydrogen) atoms. The molecule has 0 amide bonds. The lowest BCUT2D eigenvalue weighted by Gasteiger charge is -2.63. The first-order chi connectivity index (χ1) is 13.4. The van der Waals surface area contributed by atoms with E-state index in [-0.39, 0.29) is 0 Å². The molecule has 2 aromatic rings. The average Bonchev–Trinajstić information content (AvgIpc) is 3.37. The first kappa shape index (κ1) is 17.3. The Labute approximate surface area is 164 Å². The fourth-order valence-corrected chi connectivity index (χ4v) is 5.70. The predicted molar refractivity (Wildman–Crippen MR) is 107 cm³/mol. The second kappa shape index (κ2) is 7.32. The lowest BCUT2D eigenvalue weighted by molar-refractivity contribution is -0.171. The van der Waals surface area contributed by atoms with Crippen molar-refractivity contribution in [1.82, 2.24) is 10.6 Å². The Kier molecular flexibility index (Phi) is 4.70. The Balaban J connectivity index is 1.26. The Hall–Kier alpha value is -1.79. The number of ether oxygens (including phenoxy) is 1. The fraction of sp³-hybridized carbons (Fsp3) is 0.571. The van der Waals surface area contributed by atoms with Gasteiger partial charge in [0.05, 0.1) is 18.9 Å². The zero-order valence-corrected chi connectivity index (χ0v) is 16.3. The molecule has 1 saturated heterocycles. The maximum atomic E-state index is 6.06. The van der Waals surface area contributed by atoms with Crippen LogP contribution in [0.25, 0.3) is 0 Å². The van der Waals surface area contributed by atoms with Crippen molar-refractivity contribution in [3.05, 3.63) is 46.5 Å². The Morgan fingerprint density at radius 2 is 2.26 bits per heavy atom. The molecule has 3 unspecified atom stereocenters. The van der Waals surface area contributed by atoms with E-state index in [9.17, 15) is 0 Å². The van der Waals surface area contributed by atoms with E-state index in [4.69, 9.17) is 14.1 Å². The van der Waals surface area contributed by atoms with Crippen molar-refractivity contribution >= 4 is 17.3 Å². The summed E-state index contributed by atoms with van der Waals surface area (Å²) in [6.07, 6.45) is 8.15. The number of furan rings is 1. The summed E-state index contributed by atoms with van der Waals surface area (Å²) in [6.45, 7) is 2.45. The largest absolute Gasteiger partial charge is 0.469 e. The van der Waals surface area contributed by atoms with Gasteiger partial charge in [0.25, 0.3) is 0 Å². The molecule has 0 bridgehead atoms. The Bertz CT molecular complexity index is 767. The van der Waals surface area contributed by atoms with Crippen molar-refractivity contribution in [3.8, 4) is 0 Å². The molecule has 2 aliphatic carbocycles. The van der Waals surface area contributed by atoms with E-state index >= 15 is 0 Å². The fourth-order valence-electron chi connectivity index (χ4n) is 5.07. The molecule has 144 valence electrons. The van der Waals surface area contributed by atoms with Gasteiger partial charge in [-0.25, -0.2) is 4.99 Å². The van der Waals surface area contributed by atoms with Gasteiger partial charge in [-0.05, 0) is 42.8 Å². The van der Waals surface area contributed by atoms with Gasteiger partial charge < -0.3 is 19.8 Å². The minimum atomic E-state index is 0.355. The highest BCUT2D eigenvalue weighted by molar-refractivity contribution is 7.09. The van der Waals surface area contributed by atoms with Crippen LogP contribution in [-0.2, 0) is 17.7 Å². The summed E-state index contributed by atoms with van der Waals surface area (Å²) in [6, 6.07) is 8.69. The van der Waals surface area contributed by atoms with E-state index < -0.39 is 0 Å². The highest BCUT2D eigenvalue weighted by atomic mass is 32.1. The number of fused-ring (bicyclic) bond motifs is 2. The molecule has 1 spiro atoms. The van der Waals surface area contributed by atoms with Crippen LogP contribution in [-0.4, -0.2) is 31.3 Å². The quantitative estimate of drug-likeness (QED) is 0.589. The number of guanidine groups is 1. The van der Waals surface area contributed by atoms with E-state index in [0.717, 1.165) is 37.8 Å². The zero-order valence-electron chi connectivity index (χ0n) is 15.5. The van der Waals surface area contributed by atoms with E-state index in [1.807, 2.05) is 12.1 Å². The van der Waals surface area contributed by atoms with Crippen molar-refractivity contribution in [2.75, 3.05) is 13.2 Å². The number of nitrogens with one attached hydrogen (secondary N) is 2. The van der Waals surface area contributed by atoms with Crippen LogP contribution < -0.4 is 10.6 Å². The van der Waals surface area contributed by atoms with Crippen LogP contribution in [0, 0.1) is 11.3 Å². The molecule has 3 atom stereocenters. The molecule has 3 heterocycles. The summed E-state index contributed by atoms with van der Waals surface area (Å²) >= 11 is 1.76. The molecule has 3 fully saturated rings. The number of rotatable bonds is 6. The van der Waals surface area contributed by atoms with Gasteiger partial charge in [-0.3, -0.25) is 0 Å². The lowest BCUT2D eigenvalue weighted by Crippen LogP contribution is -2.72. The smallest absolute Gasteiger partial charge is 0.191 e. The van der Waals surface area contributed by atoms with Gasteiger partial charge in [0.1, 0.15) is 5.76 Å².